The minimum Gasteiger partial charge on any atom is -0.464 e. The van der Waals surface area contributed by atoms with Gasteiger partial charge in [-0.25, -0.2) is 4.79 Å². The van der Waals surface area contributed by atoms with Crippen molar-refractivity contribution in [3.05, 3.63) is 34.3 Å². The highest BCUT2D eigenvalue weighted by molar-refractivity contribution is 9.10. The summed E-state index contributed by atoms with van der Waals surface area (Å²) in [6.07, 6.45) is 0.426. The minimum atomic E-state index is -0.426. The van der Waals surface area contributed by atoms with Crippen molar-refractivity contribution in [2.75, 3.05) is 14.2 Å². The molecule has 0 spiro atoms. The highest BCUT2D eigenvalue weighted by Gasteiger charge is 2.13. The van der Waals surface area contributed by atoms with Crippen LogP contribution in [0.15, 0.2) is 33.8 Å². The number of carbonyl (C=O) groups excluding carboxylic acids is 1. The maximum absolute atomic E-state index is 11.4. The molecule has 1 aromatic rings. The number of hydrogen-bond donors (Lipinski definition) is 1. The SMILES string of the molecule is CNN=C(Cc1ccccc1Br)C(=O)OC. The zero-order valence-corrected chi connectivity index (χ0v) is 10.7. The van der Waals surface area contributed by atoms with Gasteiger partial charge in [0, 0.05) is 17.9 Å². The largest absolute Gasteiger partial charge is 0.464 e. The van der Waals surface area contributed by atoms with E-state index < -0.39 is 5.97 Å². The highest BCUT2D eigenvalue weighted by Crippen LogP contribution is 2.16. The summed E-state index contributed by atoms with van der Waals surface area (Å²) < 4.78 is 5.60. The molecule has 1 aromatic carbocycles. The molecule has 86 valence electrons. The van der Waals surface area contributed by atoms with E-state index in [1.165, 1.54) is 7.11 Å². The Labute approximate surface area is 103 Å². The normalized spacial score (nSPS) is 11.1. The summed E-state index contributed by atoms with van der Waals surface area (Å²) >= 11 is 3.42. The topological polar surface area (TPSA) is 50.7 Å². The van der Waals surface area contributed by atoms with Crippen molar-refractivity contribution in [1.29, 1.82) is 0 Å². The van der Waals surface area contributed by atoms with Gasteiger partial charge in [-0.2, -0.15) is 5.10 Å². The van der Waals surface area contributed by atoms with E-state index in [1.54, 1.807) is 7.05 Å². The van der Waals surface area contributed by atoms with Crippen LogP contribution in [0.3, 0.4) is 0 Å². The Morgan fingerprint density at radius 3 is 2.75 bits per heavy atom. The monoisotopic (exact) mass is 284 g/mol. The molecule has 16 heavy (non-hydrogen) atoms. The second-order valence-electron chi connectivity index (χ2n) is 3.04. The molecule has 1 rings (SSSR count). The number of benzene rings is 1. The number of methoxy groups -OCH3 is 1. The van der Waals surface area contributed by atoms with Gasteiger partial charge in [0.15, 0.2) is 0 Å². The average molecular weight is 285 g/mol. The molecule has 0 aliphatic rings. The van der Waals surface area contributed by atoms with Crippen molar-refractivity contribution in [2.24, 2.45) is 5.10 Å². The van der Waals surface area contributed by atoms with Crippen LogP contribution in [0.1, 0.15) is 5.56 Å². The van der Waals surface area contributed by atoms with E-state index in [0.29, 0.717) is 12.1 Å². The van der Waals surface area contributed by atoms with Crippen LogP contribution in [0, 0.1) is 0 Å². The smallest absolute Gasteiger partial charge is 0.354 e. The number of carbonyl (C=O) groups is 1. The molecule has 0 heterocycles. The Hall–Kier alpha value is -1.36. The van der Waals surface area contributed by atoms with E-state index in [-0.39, 0.29) is 0 Å². The molecule has 0 atom stereocenters. The van der Waals surface area contributed by atoms with Gasteiger partial charge in [-0.05, 0) is 11.6 Å². The first-order valence-corrected chi connectivity index (χ1v) is 5.53. The lowest BCUT2D eigenvalue weighted by Gasteiger charge is -2.06. The third kappa shape index (κ3) is 3.34. The van der Waals surface area contributed by atoms with Gasteiger partial charge >= 0.3 is 5.97 Å². The van der Waals surface area contributed by atoms with Crippen LogP contribution in [0.4, 0.5) is 0 Å². The summed E-state index contributed by atoms with van der Waals surface area (Å²) in [6, 6.07) is 7.68. The third-order valence-corrected chi connectivity index (χ3v) is 2.76. The Balaban J connectivity index is 2.89. The fourth-order valence-corrected chi connectivity index (χ4v) is 1.66. The average Bonchev–Trinajstić information content (AvgIpc) is 2.30. The van der Waals surface area contributed by atoms with Gasteiger partial charge in [-0.1, -0.05) is 34.1 Å². The first-order chi connectivity index (χ1) is 7.69. The summed E-state index contributed by atoms with van der Waals surface area (Å²) in [7, 11) is 2.98. The number of halogens is 1. The fourth-order valence-electron chi connectivity index (χ4n) is 1.23. The molecule has 0 saturated heterocycles. The molecule has 1 N–H and O–H groups in total. The number of hydrazone groups is 1. The van der Waals surface area contributed by atoms with Crippen molar-refractivity contribution in [3.8, 4) is 0 Å². The zero-order chi connectivity index (χ0) is 12.0. The van der Waals surface area contributed by atoms with E-state index >= 15 is 0 Å². The summed E-state index contributed by atoms with van der Waals surface area (Å²) in [6.45, 7) is 0. The Morgan fingerprint density at radius 1 is 1.50 bits per heavy atom. The van der Waals surface area contributed by atoms with Crippen LogP contribution in [0.25, 0.3) is 0 Å². The van der Waals surface area contributed by atoms with Gasteiger partial charge in [0.2, 0.25) is 0 Å². The summed E-state index contributed by atoms with van der Waals surface area (Å²) in [5.74, 6) is -0.426. The maximum Gasteiger partial charge on any atom is 0.354 e. The van der Waals surface area contributed by atoms with Crippen LogP contribution in [-0.4, -0.2) is 25.8 Å². The molecule has 0 aromatic heterocycles. The number of rotatable bonds is 4. The van der Waals surface area contributed by atoms with Gasteiger partial charge in [-0.15, -0.1) is 0 Å². The van der Waals surface area contributed by atoms with Gasteiger partial charge in [0.25, 0.3) is 0 Å². The lowest BCUT2D eigenvalue weighted by molar-refractivity contribution is -0.132. The lowest BCUT2D eigenvalue weighted by atomic mass is 10.1. The first-order valence-electron chi connectivity index (χ1n) is 4.74. The molecule has 4 nitrogen and oxygen atoms in total. The predicted octanol–water partition coefficient (Wildman–Crippen LogP) is 1.74. The Kier molecular flexibility index (Phi) is 4.98. The van der Waals surface area contributed by atoms with Gasteiger partial charge in [0.05, 0.1) is 7.11 Å². The number of hydrogen-bond acceptors (Lipinski definition) is 4. The van der Waals surface area contributed by atoms with Crippen LogP contribution in [-0.2, 0) is 16.0 Å². The molecule has 0 fully saturated rings. The molecule has 0 unspecified atom stereocenters. The van der Waals surface area contributed by atoms with Crippen molar-refractivity contribution >= 4 is 27.6 Å². The minimum absolute atomic E-state index is 0.344. The number of nitrogens with one attached hydrogen (secondary N) is 1. The standard InChI is InChI=1S/C11H13BrN2O2/c1-13-14-10(11(15)16-2)7-8-5-3-4-6-9(8)12/h3-6,13H,7H2,1-2H3. The quantitative estimate of drug-likeness (QED) is 0.521. The van der Waals surface area contributed by atoms with Gasteiger partial charge < -0.3 is 10.2 Å². The maximum atomic E-state index is 11.4. The fraction of sp³-hybridized carbons (Fsp3) is 0.273. The lowest BCUT2D eigenvalue weighted by Crippen LogP contribution is -2.21. The molecule has 0 aliphatic carbocycles. The predicted molar refractivity (Wildman–Crippen MR) is 66.4 cm³/mol. The van der Waals surface area contributed by atoms with E-state index in [2.05, 4.69) is 31.2 Å². The second kappa shape index (κ2) is 6.27. The molecule has 0 aliphatic heterocycles. The molecular weight excluding hydrogens is 272 g/mol. The second-order valence-corrected chi connectivity index (χ2v) is 3.90. The van der Waals surface area contributed by atoms with Crippen molar-refractivity contribution in [1.82, 2.24) is 5.43 Å². The van der Waals surface area contributed by atoms with Crippen LogP contribution in [0.2, 0.25) is 0 Å². The number of esters is 1. The Morgan fingerprint density at radius 2 is 2.19 bits per heavy atom. The number of ether oxygens (including phenoxy) is 1. The van der Waals surface area contributed by atoms with E-state index in [1.807, 2.05) is 24.3 Å². The van der Waals surface area contributed by atoms with Crippen LogP contribution >= 0.6 is 15.9 Å². The van der Waals surface area contributed by atoms with Crippen molar-refractivity contribution in [3.63, 3.8) is 0 Å². The molecule has 0 amide bonds. The first kappa shape index (κ1) is 12.7. The van der Waals surface area contributed by atoms with Crippen molar-refractivity contribution < 1.29 is 9.53 Å². The van der Waals surface area contributed by atoms with E-state index in [4.69, 9.17) is 0 Å². The highest BCUT2D eigenvalue weighted by atomic mass is 79.9. The van der Waals surface area contributed by atoms with E-state index in [0.717, 1.165) is 10.0 Å². The summed E-state index contributed by atoms with van der Waals surface area (Å²) in [5.41, 5.74) is 3.93. The van der Waals surface area contributed by atoms with Crippen LogP contribution < -0.4 is 5.43 Å². The van der Waals surface area contributed by atoms with Gasteiger partial charge in [0.1, 0.15) is 5.71 Å². The van der Waals surface area contributed by atoms with Gasteiger partial charge in [-0.3, -0.25) is 0 Å². The molecule has 0 radical (unpaired) electrons. The third-order valence-electron chi connectivity index (χ3n) is 1.98. The summed E-state index contributed by atoms with van der Waals surface area (Å²) in [5, 5.41) is 3.90. The zero-order valence-electron chi connectivity index (χ0n) is 9.16. The Bertz CT molecular complexity index is 405. The van der Waals surface area contributed by atoms with Crippen molar-refractivity contribution in [2.45, 2.75) is 6.42 Å². The van der Waals surface area contributed by atoms with Crippen LogP contribution in [0.5, 0.6) is 0 Å². The molecular formula is C11H13BrN2O2. The summed E-state index contributed by atoms with van der Waals surface area (Å²) in [4.78, 5) is 11.4. The van der Waals surface area contributed by atoms with E-state index in [9.17, 15) is 4.79 Å². The molecule has 0 bridgehead atoms. The molecule has 5 heteroatoms. The molecule has 0 saturated carbocycles. The number of nitrogens with zero attached hydrogens (tertiary/aromatic N) is 1.